The molecule has 0 saturated carbocycles. The first-order valence-electron chi connectivity index (χ1n) is 6.38. The molecule has 1 aromatic rings. The molecule has 0 radical (unpaired) electrons. The van der Waals surface area contributed by atoms with Crippen LogP contribution in [0.15, 0.2) is 18.2 Å². The lowest BCUT2D eigenvalue weighted by Gasteiger charge is -2.19. The maximum Gasteiger partial charge on any atom is 0.326 e. The van der Waals surface area contributed by atoms with Crippen molar-refractivity contribution >= 4 is 35.1 Å². The molecular weight excluding hydrogens is 317 g/mol. The lowest BCUT2D eigenvalue weighted by Crippen LogP contribution is -2.43. The van der Waals surface area contributed by atoms with E-state index in [9.17, 15) is 14.7 Å². The number of amides is 1. The molecule has 0 spiro atoms. The van der Waals surface area contributed by atoms with Crippen molar-refractivity contribution in [3.63, 3.8) is 0 Å². The minimum atomic E-state index is -1.53. The number of carboxylic acids is 1. The molecule has 0 aromatic heterocycles. The summed E-state index contributed by atoms with van der Waals surface area (Å²) in [6, 6.07) is 3.21. The summed E-state index contributed by atoms with van der Waals surface area (Å²) in [7, 11) is 0. The van der Waals surface area contributed by atoms with E-state index in [2.05, 4.69) is 5.32 Å². The molecule has 116 valence electrons. The number of rotatable bonds is 6. The Kier molecular flexibility index (Phi) is 6.45. The third-order valence-electron chi connectivity index (χ3n) is 2.77. The summed E-state index contributed by atoms with van der Waals surface area (Å²) in [5, 5.41) is 21.9. The highest BCUT2D eigenvalue weighted by atomic mass is 35.5. The Morgan fingerprint density at radius 1 is 1.19 bits per heavy atom. The first kappa shape index (κ1) is 17.8. The smallest absolute Gasteiger partial charge is 0.326 e. The first-order chi connectivity index (χ1) is 9.70. The van der Waals surface area contributed by atoms with Gasteiger partial charge in [0, 0.05) is 10.0 Å². The number of hydrogen-bond acceptors (Lipinski definition) is 3. The number of hydrogen-bond donors (Lipinski definition) is 3. The summed E-state index contributed by atoms with van der Waals surface area (Å²) in [5.41, 5.74) is 0.207. The van der Waals surface area contributed by atoms with Gasteiger partial charge >= 0.3 is 5.97 Å². The van der Waals surface area contributed by atoms with Crippen molar-refractivity contribution in [1.82, 2.24) is 5.32 Å². The van der Waals surface area contributed by atoms with Gasteiger partial charge in [-0.2, -0.15) is 0 Å². The molecule has 3 N–H and O–H groups in total. The van der Waals surface area contributed by atoms with Gasteiger partial charge in [0.05, 0.1) is 0 Å². The summed E-state index contributed by atoms with van der Waals surface area (Å²) in [6.07, 6.45) is -1.26. The Balaban J connectivity index is 2.83. The number of aliphatic carboxylic acids is 1. The first-order valence-corrected chi connectivity index (χ1v) is 7.13. The number of benzene rings is 1. The van der Waals surface area contributed by atoms with Crippen LogP contribution in [0.2, 0.25) is 10.0 Å². The predicted molar refractivity (Wildman–Crippen MR) is 80.4 cm³/mol. The van der Waals surface area contributed by atoms with Gasteiger partial charge < -0.3 is 15.5 Å². The maximum absolute atomic E-state index is 12.0. The molecular formula is C14H17Cl2NO4. The number of carbonyl (C=O) groups excluding carboxylic acids is 1. The molecule has 0 aliphatic carbocycles. The zero-order valence-corrected chi connectivity index (χ0v) is 13.1. The van der Waals surface area contributed by atoms with Gasteiger partial charge in [-0.3, -0.25) is 4.79 Å². The van der Waals surface area contributed by atoms with Crippen LogP contribution in [0.5, 0.6) is 0 Å². The van der Waals surface area contributed by atoms with Crippen LogP contribution in [0, 0.1) is 5.92 Å². The van der Waals surface area contributed by atoms with Crippen LogP contribution in [0.1, 0.15) is 31.9 Å². The third kappa shape index (κ3) is 5.53. The molecule has 1 rings (SSSR count). The van der Waals surface area contributed by atoms with Gasteiger partial charge in [0.1, 0.15) is 6.04 Å². The predicted octanol–water partition coefficient (Wildman–Crippen LogP) is 2.64. The van der Waals surface area contributed by atoms with Crippen LogP contribution in [-0.2, 0) is 9.59 Å². The molecule has 2 atom stereocenters. The Bertz CT molecular complexity index is 513. The molecule has 0 fully saturated rings. The third-order valence-corrected chi connectivity index (χ3v) is 3.21. The molecule has 21 heavy (non-hydrogen) atoms. The van der Waals surface area contributed by atoms with E-state index >= 15 is 0 Å². The molecule has 0 heterocycles. The van der Waals surface area contributed by atoms with Crippen molar-refractivity contribution in [2.75, 3.05) is 0 Å². The quantitative estimate of drug-likeness (QED) is 0.746. The summed E-state index contributed by atoms with van der Waals surface area (Å²) < 4.78 is 0. The van der Waals surface area contributed by atoms with E-state index in [1.807, 2.05) is 13.8 Å². The molecule has 1 unspecified atom stereocenters. The number of nitrogens with one attached hydrogen (secondary N) is 1. The summed E-state index contributed by atoms with van der Waals surface area (Å²) >= 11 is 11.6. The highest BCUT2D eigenvalue weighted by Gasteiger charge is 2.25. The number of carbonyl (C=O) groups is 2. The van der Waals surface area contributed by atoms with Crippen molar-refractivity contribution in [2.45, 2.75) is 32.4 Å². The summed E-state index contributed by atoms with van der Waals surface area (Å²) in [4.78, 5) is 23.1. The molecule has 0 bridgehead atoms. The molecule has 0 aliphatic rings. The maximum atomic E-state index is 12.0. The fourth-order valence-electron chi connectivity index (χ4n) is 1.83. The average Bonchev–Trinajstić information content (AvgIpc) is 2.35. The summed E-state index contributed by atoms with van der Waals surface area (Å²) in [6.45, 7) is 3.69. The van der Waals surface area contributed by atoms with E-state index in [4.69, 9.17) is 28.3 Å². The monoisotopic (exact) mass is 333 g/mol. The van der Waals surface area contributed by atoms with E-state index in [1.54, 1.807) is 0 Å². The van der Waals surface area contributed by atoms with Gasteiger partial charge in [0.2, 0.25) is 0 Å². The van der Waals surface area contributed by atoms with E-state index in [0.29, 0.717) is 0 Å². The van der Waals surface area contributed by atoms with Gasteiger partial charge in [-0.1, -0.05) is 37.0 Å². The van der Waals surface area contributed by atoms with E-state index in [1.165, 1.54) is 18.2 Å². The van der Waals surface area contributed by atoms with E-state index in [-0.39, 0.29) is 27.9 Å². The van der Waals surface area contributed by atoms with Crippen molar-refractivity contribution in [3.05, 3.63) is 33.8 Å². The lowest BCUT2D eigenvalue weighted by atomic mass is 10.0. The van der Waals surface area contributed by atoms with Crippen LogP contribution in [0.25, 0.3) is 0 Å². The lowest BCUT2D eigenvalue weighted by molar-refractivity contribution is -0.144. The number of aliphatic hydroxyl groups excluding tert-OH is 1. The second-order valence-corrected chi connectivity index (χ2v) is 6.01. The van der Waals surface area contributed by atoms with Crippen molar-refractivity contribution in [3.8, 4) is 0 Å². The summed E-state index contributed by atoms with van der Waals surface area (Å²) in [5.74, 6) is -1.86. The highest BCUT2D eigenvalue weighted by Crippen LogP contribution is 2.24. The van der Waals surface area contributed by atoms with Crippen LogP contribution in [0.3, 0.4) is 0 Å². The second kappa shape index (κ2) is 7.64. The van der Waals surface area contributed by atoms with Gasteiger partial charge in [0.15, 0.2) is 6.10 Å². The van der Waals surface area contributed by atoms with Crippen LogP contribution < -0.4 is 5.32 Å². The van der Waals surface area contributed by atoms with Gasteiger partial charge in [-0.25, -0.2) is 4.79 Å². The Hall–Kier alpha value is -1.30. The number of carboxylic acid groups (broad SMARTS) is 1. The van der Waals surface area contributed by atoms with Crippen LogP contribution in [0.4, 0.5) is 0 Å². The molecule has 5 nitrogen and oxygen atoms in total. The Morgan fingerprint density at radius 3 is 2.14 bits per heavy atom. The molecule has 7 heteroatoms. The van der Waals surface area contributed by atoms with Crippen molar-refractivity contribution < 1.29 is 19.8 Å². The fraction of sp³-hybridized carbons (Fsp3) is 0.429. The van der Waals surface area contributed by atoms with Gasteiger partial charge in [-0.15, -0.1) is 0 Å². The zero-order chi connectivity index (χ0) is 16.2. The second-order valence-electron chi connectivity index (χ2n) is 5.13. The Labute approximate surface area is 132 Å². The molecule has 0 aliphatic heterocycles. The molecule has 0 saturated heterocycles. The van der Waals surface area contributed by atoms with Gasteiger partial charge in [0.25, 0.3) is 5.91 Å². The molecule has 1 amide bonds. The zero-order valence-electron chi connectivity index (χ0n) is 11.6. The minimum absolute atomic E-state index is 0.0872. The standard InChI is InChI=1S/C14H17Cl2NO4/c1-7(2)3-11(14(20)21)17-13(19)12(18)8-4-9(15)6-10(16)5-8/h4-7,11-12,18H,3H2,1-2H3,(H,17,19)(H,20,21)/t11-,12?/m1/s1. The van der Waals surface area contributed by atoms with E-state index < -0.39 is 24.0 Å². The fourth-order valence-corrected chi connectivity index (χ4v) is 2.37. The van der Waals surface area contributed by atoms with Crippen molar-refractivity contribution in [1.29, 1.82) is 0 Å². The SMILES string of the molecule is CC(C)C[C@@H](NC(=O)C(O)c1cc(Cl)cc(Cl)c1)C(=O)O. The Morgan fingerprint density at radius 2 is 1.71 bits per heavy atom. The number of aliphatic hydroxyl groups is 1. The molecule has 1 aromatic carbocycles. The normalized spacial score (nSPS) is 13.8. The van der Waals surface area contributed by atoms with E-state index in [0.717, 1.165) is 0 Å². The number of halogens is 2. The van der Waals surface area contributed by atoms with Crippen molar-refractivity contribution in [2.24, 2.45) is 5.92 Å². The highest BCUT2D eigenvalue weighted by molar-refractivity contribution is 6.34. The van der Waals surface area contributed by atoms with Gasteiger partial charge in [-0.05, 0) is 36.1 Å². The topological polar surface area (TPSA) is 86.6 Å². The average molecular weight is 334 g/mol. The largest absolute Gasteiger partial charge is 0.480 e. The van der Waals surface area contributed by atoms with Crippen LogP contribution in [-0.4, -0.2) is 28.1 Å². The van der Waals surface area contributed by atoms with Crippen LogP contribution >= 0.6 is 23.2 Å². The minimum Gasteiger partial charge on any atom is -0.480 e.